The highest BCUT2D eigenvalue weighted by molar-refractivity contribution is 7.25. The third kappa shape index (κ3) is 4.62. The minimum absolute atomic E-state index is 0.597. The molecule has 4 aromatic heterocycles. The summed E-state index contributed by atoms with van der Waals surface area (Å²) in [4.78, 5) is 7.19. The Morgan fingerprint density at radius 3 is 2.04 bits per heavy atom. The summed E-state index contributed by atoms with van der Waals surface area (Å²) < 4.78 is 18.1. The van der Waals surface area contributed by atoms with E-state index in [0.29, 0.717) is 5.89 Å². The second-order valence-corrected chi connectivity index (χ2v) is 15.0. The summed E-state index contributed by atoms with van der Waals surface area (Å²) >= 11 is 1.83. The zero-order valence-electron chi connectivity index (χ0n) is 29.3. The van der Waals surface area contributed by atoms with Crippen molar-refractivity contribution in [3.8, 4) is 17.1 Å². The summed E-state index contributed by atoms with van der Waals surface area (Å²) in [5, 5.41) is 6.89. The highest BCUT2D eigenvalue weighted by Gasteiger charge is 2.23. The molecule has 12 rings (SSSR count). The summed E-state index contributed by atoms with van der Waals surface area (Å²) in [7, 11) is 0. The van der Waals surface area contributed by atoms with Crippen LogP contribution in [0, 0.1) is 0 Å². The van der Waals surface area contributed by atoms with Gasteiger partial charge in [0.25, 0.3) is 0 Å². The predicted molar refractivity (Wildman–Crippen MR) is 229 cm³/mol. The van der Waals surface area contributed by atoms with Crippen LogP contribution < -0.4 is 4.90 Å². The normalized spacial score (nSPS) is 12.0. The number of benzene rings is 8. The second-order valence-electron chi connectivity index (χ2n) is 14.0. The summed E-state index contributed by atoms with van der Waals surface area (Å²) in [6, 6.07) is 62.1. The van der Waals surface area contributed by atoms with E-state index >= 15 is 0 Å². The molecule has 0 N–H and O–H groups in total. The van der Waals surface area contributed by atoms with E-state index in [-0.39, 0.29) is 0 Å². The molecule has 0 aliphatic heterocycles. The van der Waals surface area contributed by atoms with Crippen molar-refractivity contribution in [2.75, 3.05) is 4.90 Å². The van der Waals surface area contributed by atoms with Gasteiger partial charge >= 0.3 is 0 Å². The molecule has 258 valence electrons. The van der Waals surface area contributed by atoms with Crippen LogP contribution >= 0.6 is 11.3 Å². The molecule has 55 heavy (non-hydrogen) atoms. The quantitative estimate of drug-likeness (QED) is 0.177. The summed E-state index contributed by atoms with van der Waals surface area (Å²) in [6.07, 6.45) is 0. The van der Waals surface area contributed by atoms with Crippen LogP contribution in [-0.2, 0) is 0 Å². The maximum absolute atomic E-state index is 6.87. The van der Waals surface area contributed by atoms with Gasteiger partial charge in [-0.3, -0.25) is 0 Å². The number of fused-ring (bicyclic) bond motifs is 10. The molecule has 0 fully saturated rings. The largest absolute Gasteiger partial charge is 0.454 e. The van der Waals surface area contributed by atoms with E-state index < -0.39 is 0 Å². The van der Waals surface area contributed by atoms with Crippen molar-refractivity contribution in [1.29, 1.82) is 0 Å². The Morgan fingerprint density at radius 1 is 0.473 bits per heavy atom. The number of hydrogen-bond donors (Lipinski definition) is 0. The van der Waals surface area contributed by atoms with Gasteiger partial charge in [-0.2, -0.15) is 0 Å². The number of hydrogen-bond acceptors (Lipinski definition) is 5. The molecule has 0 unspecified atom stereocenters. The number of furan rings is 1. The van der Waals surface area contributed by atoms with Gasteiger partial charge in [-0.25, -0.2) is 4.98 Å². The Bertz CT molecular complexity index is 3450. The smallest absolute Gasteiger partial charge is 0.227 e. The summed E-state index contributed by atoms with van der Waals surface area (Å²) in [5.41, 5.74) is 10.5. The highest BCUT2D eigenvalue weighted by Crippen LogP contribution is 2.46. The lowest BCUT2D eigenvalue weighted by molar-refractivity contribution is 0.620. The minimum atomic E-state index is 0.597. The van der Waals surface area contributed by atoms with E-state index in [2.05, 4.69) is 149 Å². The van der Waals surface area contributed by atoms with Crippen molar-refractivity contribution >= 4 is 103 Å². The first-order valence-corrected chi connectivity index (χ1v) is 19.2. The first kappa shape index (κ1) is 30.3. The maximum atomic E-state index is 6.87. The molecule has 0 saturated heterocycles. The van der Waals surface area contributed by atoms with Crippen LogP contribution in [0.3, 0.4) is 0 Å². The predicted octanol–water partition coefficient (Wildman–Crippen LogP) is 14.3. The van der Waals surface area contributed by atoms with Gasteiger partial charge in [-0.15, -0.1) is 11.3 Å². The van der Waals surface area contributed by atoms with E-state index in [1.807, 2.05) is 47.7 Å². The van der Waals surface area contributed by atoms with Crippen LogP contribution in [0.25, 0.3) is 92.2 Å². The summed E-state index contributed by atoms with van der Waals surface area (Å²) in [5.74, 6) is 0.597. The Kier molecular flexibility index (Phi) is 6.44. The molecule has 0 saturated carbocycles. The standard InChI is InChI=1S/C49H29N3O2S/c1-3-12-30(13-4-1)49-50-40-29-44-38(28-45(40)54-49)36-18-11-20-43(48(36)53-44)51(33-23-25-47-39(27-33)35-17-8-10-21-46(35)55-47)32-22-24-42-37(26-32)34-16-7-9-19-41(34)52(42)31-14-5-2-6-15-31/h1-29H. The minimum Gasteiger partial charge on any atom is -0.454 e. The van der Waals surface area contributed by atoms with Gasteiger partial charge in [0, 0.05) is 70.4 Å². The molecule has 0 atom stereocenters. The van der Waals surface area contributed by atoms with Crippen LogP contribution in [-0.4, -0.2) is 9.55 Å². The molecule has 0 radical (unpaired) electrons. The number of para-hydroxylation sites is 3. The van der Waals surface area contributed by atoms with Crippen molar-refractivity contribution in [2.45, 2.75) is 0 Å². The monoisotopic (exact) mass is 723 g/mol. The van der Waals surface area contributed by atoms with Crippen molar-refractivity contribution in [3.63, 3.8) is 0 Å². The van der Waals surface area contributed by atoms with Crippen molar-refractivity contribution in [2.24, 2.45) is 0 Å². The molecule has 0 aliphatic rings. The molecule has 5 nitrogen and oxygen atoms in total. The number of nitrogens with zero attached hydrogens (tertiary/aromatic N) is 3. The fraction of sp³-hybridized carbons (Fsp3) is 0. The fourth-order valence-electron chi connectivity index (χ4n) is 8.32. The third-order valence-electron chi connectivity index (χ3n) is 10.8. The second kappa shape index (κ2) is 11.7. The molecule has 0 spiro atoms. The van der Waals surface area contributed by atoms with E-state index in [1.165, 1.54) is 36.5 Å². The first-order valence-electron chi connectivity index (χ1n) is 18.4. The van der Waals surface area contributed by atoms with Crippen molar-refractivity contribution in [3.05, 3.63) is 176 Å². The van der Waals surface area contributed by atoms with Gasteiger partial charge in [0.05, 0.1) is 16.7 Å². The molecule has 0 bridgehead atoms. The van der Waals surface area contributed by atoms with Gasteiger partial charge in [0.15, 0.2) is 11.2 Å². The molecule has 12 aromatic rings. The van der Waals surface area contributed by atoms with Gasteiger partial charge < -0.3 is 18.3 Å². The first-order chi connectivity index (χ1) is 27.2. The molecular weight excluding hydrogens is 695 g/mol. The maximum Gasteiger partial charge on any atom is 0.227 e. The lowest BCUT2D eigenvalue weighted by Gasteiger charge is -2.26. The molecule has 8 aromatic carbocycles. The van der Waals surface area contributed by atoms with Crippen LogP contribution in [0.2, 0.25) is 0 Å². The molecule has 6 heteroatoms. The Hall–Kier alpha value is -7.15. The third-order valence-corrected chi connectivity index (χ3v) is 11.9. The number of anilines is 3. The van der Waals surface area contributed by atoms with E-state index in [1.54, 1.807) is 0 Å². The molecule has 0 amide bonds. The van der Waals surface area contributed by atoms with Crippen LogP contribution in [0.15, 0.2) is 185 Å². The Balaban J connectivity index is 1.10. The fourth-order valence-corrected chi connectivity index (χ4v) is 9.41. The topological polar surface area (TPSA) is 47.3 Å². The van der Waals surface area contributed by atoms with Crippen LogP contribution in [0.1, 0.15) is 0 Å². The number of thiophene rings is 1. The number of rotatable bonds is 5. The van der Waals surface area contributed by atoms with Gasteiger partial charge in [-0.05, 0) is 84.9 Å². The number of oxazole rings is 1. The van der Waals surface area contributed by atoms with Gasteiger partial charge in [-0.1, -0.05) is 84.9 Å². The molecule has 4 heterocycles. The van der Waals surface area contributed by atoms with Crippen LogP contribution in [0.5, 0.6) is 0 Å². The number of aromatic nitrogens is 2. The zero-order chi connectivity index (χ0) is 36.0. The lowest BCUT2D eigenvalue weighted by Crippen LogP contribution is -2.10. The lowest BCUT2D eigenvalue weighted by atomic mass is 10.1. The SMILES string of the molecule is c1ccc(-c2nc3cc4oc5c(N(c6ccc7sc8ccccc8c7c6)c6ccc7c(c6)c6ccccc6n7-c6ccccc6)cccc5c4cc3o2)cc1. The van der Waals surface area contributed by atoms with E-state index in [4.69, 9.17) is 13.8 Å². The molecule has 0 aliphatic carbocycles. The Morgan fingerprint density at radius 2 is 1.16 bits per heavy atom. The molecular formula is C49H29N3O2S. The Labute approximate surface area is 318 Å². The van der Waals surface area contributed by atoms with Crippen LogP contribution in [0.4, 0.5) is 17.1 Å². The van der Waals surface area contributed by atoms with E-state index in [9.17, 15) is 0 Å². The highest BCUT2D eigenvalue weighted by atomic mass is 32.1. The van der Waals surface area contributed by atoms with Gasteiger partial charge in [0.2, 0.25) is 5.89 Å². The average Bonchev–Trinajstić information content (AvgIpc) is 4.01. The van der Waals surface area contributed by atoms with Gasteiger partial charge in [0.1, 0.15) is 11.1 Å². The van der Waals surface area contributed by atoms with Crippen molar-refractivity contribution < 1.29 is 8.83 Å². The average molecular weight is 724 g/mol. The zero-order valence-corrected chi connectivity index (χ0v) is 30.1. The van der Waals surface area contributed by atoms with Crippen molar-refractivity contribution in [1.82, 2.24) is 9.55 Å². The van der Waals surface area contributed by atoms with E-state index in [0.717, 1.165) is 66.9 Å². The summed E-state index contributed by atoms with van der Waals surface area (Å²) in [6.45, 7) is 0.